The van der Waals surface area contributed by atoms with E-state index >= 15 is 0 Å². The molecule has 0 aliphatic heterocycles. The number of phenols is 2. The van der Waals surface area contributed by atoms with E-state index in [1.165, 1.54) is 24.3 Å². The molecule has 0 saturated heterocycles. The van der Waals surface area contributed by atoms with Gasteiger partial charge in [-0.1, -0.05) is 4.90 Å². The molecule has 42 heteroatoms. The number of nitro groups is 1. The number of nitrogen functional groups attached to an aromatic ring is 1. The summed E-state index contributed by atoms with van der Waals surface area (Å²) < 4.78 is 181. The van der Waals surface area contributed by atoms with Crippen LogP contribution in [-0.2, 0) is 62.2 Å². The minimum atomic E-state index is -5.25. The Morgan fingerprint density at radius 2 is 1.03 bits per heavy atom. The molecule has 0 aliphatic carbocycles. The summed E-state index contributed by atoms with van der Waals surface area (Å²) in [5.41, 5.74) is 3.77. The molecular weight excluding hydrogens is 1180 g/mol. The number of rotatable bonds is 10. The summed E-state index contributed by atoms with van der Waals surface area (Å²) in [6.45, 7) is 0. The molecule has 0 spiro atoms. The average molecular weight is 1190 g/mol. The molecule has 0 unspecified atom stereocenters. The van der Waals surface area contributed by atoms with Crippen LogP contribution >= 0.6 is 0 Å². The maximum atomic E-state index is 11.9. The van der Waals surface area contributed by atoms with Crippen molar-refractivity contribution in [3.63, 3.8) is 0 Å². The number of anilines is 1. The Hall–Kier alpha value is -1.97. The molecule has 358 valence electrons. The zero-order valence-electron chi connectivity index (χ0n) is 38.1. The third-order valence-electron chi connectivity index (χ3n) is 7.56. The quantitative estimate of drug-likeness (QED) is 0.0218. The maximum Gasteiger partial charge on any atom is 1.00 e. The first-order chi connectivity index (χ1) is 31.4. The Kier molecular flexibility index (Phi) is 36.9. The van der Waals surface area contributed by atoms with Crippen molar-refractivity contribution in [1.29, 1.82) is 0 Å². The monoisotopic (exact) mass is 1190 g/mol. The Morgan fingerprint density at radius 3 is 1.54 bits per heavy atom. The number of nitro benzene ring substituents is 1. The van der Waals surface area contributed by atoms with Gasteiger partial charge in [-0.05, 0) is 53.1 Å². The first kappa shape index (κ1) is 78.5. The Balaban J connectivity index is -0.00000123. The summed E-state index contributed by atoms with van der Waals surface area (Å²) in [4.78, 5) is 7.62. The zero-order chi connectivity index (χ0) is 51.5. The van der Waals surface area contributed by atoms with Crippen LogP contribution in [0.3, 0.4) is 0 Å². The van der Waals surface area contributed by atoms with Crippen molar-refractivity contribution < 1.29 is 269 Å². The van der Waals surface area contributed by atoms with Crippen LogP contribution in [0.1, 0.15) is 0 Å². The summed E-state index contributed by atoms with van der Waals surface area (Å²) in [6, 6.07) is 19.7. The molecule has 74 heavy (non-hydrogen) atoms. The van der Waals surface area contributed by atoms with Crippen molar-refractivity contribution >= 4 is 129 Å². The molecule has 0 heterocycles. The molecule has 0 aliphatic rings. The third kappa shape index (κ3) is 24.4. The second-order valence-corrected chi connectivity index (χ2v) is 17.1. The first-order valence-corrected chi connectivity index (χ1v) is 23.5. The van der Waals surface area contributed by atoms with E-state index in [0.29, 0.717) is 12.1 Å². The fraction of sp³-hybridized carbons (Fsp3) is 0. The molecule has 6 aromatic carbocycles. The summed E-state index contributed by atoms with van der Waals surface area (Å²) in [5.74, 6) is -1.42. The number of fused-ring (bicyclic) bond motifs is 2. The number of aromatic hydroxyl groups is 2. The van der Waals surface area contributed by atoms with Gasteiger partial charge in [0, 0.05) is 23.2 Å². The van der Waals surface area contributed by atoms with Gasteiger partial charge in [-0.25, -0.2) is 48.8 Å². The van der Waals surface area contributed by atoms with Crippen LogP contribution in [-0.4, -0.2) is 91.9 Å². The van der Waals surface area contributed by atoms with E-state index in [1.54, 1.807) is 0 Å². The molecule has 0 fully saturated rings. The first-order valence-electron chi connectivity index (χ1n) is 16.3. The molecule has 0 amide bonds. The van der Waals surface area contributed by atoms with Crippen LogP contribution in [0.4, 0.5) is 45.5 Å². The van der Waals surface area contributed by atoms with Crippen molar-refractivity contribution in [3.05, 3.63) is 101 Å². The van der Waals surface area contributed by atoms with Crippen molar-refractivity contribution in [2.24, 2.45) is 30.7 Å². The van der Waals surface area contributed by atoms with Crippen LogP contribution < -0.4 is 183 Å². The molecule has 4 N–H and O–H groups in total. The molecule has 6 rings (SSSR count). The van der Waals surface area contributed by atoms with E-state index in [4.69, 9.17) is 43.6 Å². The van der Waals surface area contributed by atoms with Gasteiger partial charge < -0.3 is 29.6 Å². The number of hydrogen-bond acceptors (Lipinski definition) is 29. The molecule has 0 radical (unpaired) electrons. The van der Waals surface area contributed by atoms with Gasteiger partial charge >= 0.3 is 209 Å². The normalized spacial score (nSPS) is 10.6. The predicted octanol–water partition coefficient (Wildman–Crippen LogP) is -14.7. The van der Waals surface area contributed by atoms with Crippen molar-refractivity contribution in [2.75, 3.05) is 5.73 Å². The van der Waals surface area contributed by atoms with E-state index in [-0.39, 0.29) is 227 Å². The second kappa shape index (κ2) is 34.8. The molecule has 0 atom stereocenters. The predicted molar refractivity (Wildman–Crippen MR) is 217 cm³/mol. The van der Waals surface area contributed by atoms with E-state index in [2.05, 4.69) is 48.9 Å². The number of nitrogens with two attached hydrogens (primary N) is 1. The van der Waals surface area contributed by atoms with Crippen LogP contribution in [0.25, 0.3) is 21.5 Å². The fourth-order valence-electron chi connectivity index (χ4n) is 5.01. The van der Waals surface area contributed by atoms with Gasteiger partial charge in [0.2, 0.25) is 0 Å². The van der Waals surface area contributed by atoms with E-state index in [9.17, 15) is 59.2 Å². The van der Waals surface area contributed by atoms with Crippen molar-refractivity contribution in [1.82, 2.24) is 0 Å². The number of azo groups is 3. The van der Waals surface area contributed by atoms with E-state index in [0.717, 1.165) is 36.4 Å². The maximum absolute atomic E-state index is 11.9. The molecule has 0 aromatic heterocycles. The third-order valence-corrected chi connectivity index (χ3v) is 10.1. The van der Waals surface area contributed by atoms with Gasteiger partial charge in [0.25, 0.3) is 5.69 Å². The molecular formula is C32H16N8Na6O22S6. The summed E-state index contributed by atoms with van der Waals surface area (Å²) in [7, 11) is -24.6. The SMILES string of the molecule is Nc1c(N=Nc2ccc(N=Nc3[c-]ccc(S(=O)(=O)[O-])c3)c3cc(S(=O)(=O)[O-])cc(O)c23)c[c-]c2c[c-]c(N=Nc3ccc([N+](=O)[O-])cc3S(=O)(=O)[O-])c(O)c12.O=S(=O)=O.O=S(=O)=O.O=S(=O)=O.[Na+].[Na+].[Na+].[Na+].[Na+].[Na+]. The number of non-ortho nitro benzene ring substituents is 1. The van der Waals surface area contributed by atoms with E-state index < -0.39 is 110 Å². The summed E-state index contributed by atoms with van der Waals surface area (Å²) in [6.07, 6.45) is 0. The number of nitrogens with zero attached hydrogens (tertiary/aromatic N) is 7. The molecule has 30 nitrogen and oxygen atoms in total. The zero-order valence-corrected chi connectivity index (χ0v) is 55.0. The van der Waals surface area contributed by atoms with Gasteiger partial charge in [0.05, 0.1) is 31.5 Å². The fourth-order valence-corrected chi connectivity index (χ4v) is 6.65. The number of hydrogen-bond donors (Lipinski definition) is 3. The number of phenolic OH excluding ortho intramolecular Hbond substituents is 2. The van der Waals surface area contributed by atoms with Crippen molar-refractivity contribution in [3.8, 4) is 11.5 Å². The summed E-state index contributed by atoms with van der Waals surface area (Å²) in [5, 5.41) is 56.0. The van der Waals surface area contributed by atoms with Crippen LogP contribution in [0.15, 0.2) is 118 Å². The Morgan fingerprint density at radius 1 is 0.541 bits per heavy atom. The largest absolute Gasteiger partial charge is 1.00 e. The minimum Gasteiger partial charge on any atom is -0.746 e. The van der Waals surface area contributed by atoms with E-state index in [1.807, 2.05) is 0 Å². The Labute approximate surface area is 553 Å². The van der Waals surface area contributed by atoms with Crippen LogP contribution in [0, 0.1) is 28.3 Å². The van der Waals surface area contributed by atoms with Gasteiger partial charge in [-0.15, -0.1) is 50.0 Å². The van der Waals surface area contributed by atoms with Gasteiger partial charge in [-0.2, -0.15) is 54.3 Å². The number of benzene rings is 6. The standard InChI is InChI=1S/C32H19N8O13S3.6Na.3O3S/c33-31-25(7-4-16-5-8-26(32(42)29(16)31)39-36-23-9-6-18(40(43)44)13-28(23)56(51,52)53)38-37-24-11-10-22(21-14-20(55(48,49)50)15-27(41)30(21)24)35-34-17-2-1-3-19(12-17)54(45,46)47;;;;;;;3*1-4(2)3/h1,3,5-7,9-15,41-42H,33H2,(H,45,46,47)(H,48,49,50)(H,51,52,53);;;;;;;;;/q-3;6*+1;;;/p-3. The minimum absolute atomic E-state index is 0. The molecule has 6 aromatic rings. The second-order valence-electron chi connectivity index (χ2n) is 11.7. The smallest absolute Gasteiger partial charge is 0.746 e. The van der Waals surface area contributed by atoms with Gasteiger partial charge in [0.1, 0.15) is 41.8 Å². The van der Waals surface area contributed by atoms with Crippen molar-refractivity contribution in [2.45, 2.75) is 14.7 Å². The topological polar surface area (TPSA) is 509 Å². The Bertz CT molecular complexity index is 3760. The van der Waals surface area contributed by atoms with Gasteiger partial charge in [-0.3, -0.25) is 10.1 Å². The van der Waals surface area contributed by atoms with Crippen LogP contribution in [0.2, 0.25) is 0 Å². The summed E-state index contributed by atoms with van der Waals surface area (Å²) >= 11 is 0. The molecule has 0 bridgehead atoms. The van der Waals surface area contributed by atoms with Crippen LogP contribution in [0.5, 0.6) is 11.5 Å². The average Bonchev–Trinajstić information content (AvgIpc) is 3.21. The van der Waals surface area contributed by atoms with Gasteiger partial charge in [0.15, 0.2) is 0 Å². The molecule has 0 saturated carbocycles.